The van der Waals surface area contributed by atoms with E-state index in [9.17, 15) is 4.79 Å². The normalized spacial score (nSPS) is 10.5. The highest BCUT2D eigenvalue weighted by atomic mass is 35.5. The van der Waals surface area contributed by atoms with Gasteiger partial charge in [0.15, 0.2) is 11.5 Å². The SMILES string of the molecule is COc1ccc(-c2nc(COC(=O)CSc3ccc(Cl)cc3)cs2)cc1OC. The maximum Gasteiger partial charge on any atom is 0.316 e. The number of carbonyl (C=O) groups is 1. The Hall–Kier alpha value is -2.22. The first kappa shape index (κ1) is 20.5. The first-order chi connectivity index (χ1) is 13.6. The van der Waals surface area contributed by atoms with Gasteiger partial charge in [0.2, 0.25) is 0 Å². The molecule has 0 spiro atoms. The largest absolute Gasteiger partial charge is 0.493 e. The zero-order valence-electron chi connectivity index (χ0n) is 15.3. The second kappa shape index (κ2) is 9.82. The van der Waals surface area contributed by atoms with Gasteiger partial charge in [-0.25, -0.2) is 4.98 Å². The first-order valence-electron chi connectivity index (χ1n) is 8.30. The van der Waals surface area contributed by atoms with Crippen molar-refractivity contribution < 1.29 is 19.0 Å². The molecule has 0 aliphatic heterocycles. The zero-order chi connectivity index (χ0) is 19.9. The molecule has 0 amide bonds. The van der Waals surface area contributed by atoms with E-state index in [4.69, 9.17) is 25.8 Å². The summed E-state index contributed by atoms with van der Waals surface area (Å²) >= 11 is 8.74. The van der Waals surface area contributed by atoms with Crippen molar-refractivity contribution in [3.63, 3.8) is 0 Å². The van der Waals surface area contributed by atoms with E-state index in [0.717, 1.165) is 15.5 Å². The minimum absolute atomic E-state index is 0.143. The molecule has 3 rings (SSSR count). The third-order valence-electron chi connectivity index (χ3n) is 3.73. The predicted molar refractivity (Wildman–Crippen MR) is 113 cm³/mol. The van der Waals surface area contributed by atoms with Gasteiger partial charge >= 0.3 is 5.97 Å². The number of ether oxygens (including phenoxy) is 3. The predicted octanol–water partition coefficient (Wildman–Crippen LogP) is 5.32. The van der Waals surface area contributed by atoms with Crippen LogP contribution in [0.5, 0.6) is 11.5 Å². The molecule has 1 aromatic heterocycles. The number of carbonyl (C=O) groups excluding carboxylic acids is 1. The Labute approximate surface area is 176 Å². The summed E-state index contributed by atoms with van der Waals surface area (Å²) in [4.78, 5) is 17.5. The highest BCUT2D eigenvalue weighted by Crippen LogP contribution is 2.33. The molecular weight excluding hydrogens is 418 g/mol. The van der Waals surface area contributed by atoms with Crippen LogP contribution in [0.3, 0.4) is 0 Å². The number of methoxy groups -OCH3 is 2. The Morgan fingerprint density at radius 2 is 1.86 bits per heavy atom. The van der Waals surface area contributed by atoms with Gasteiger partial charge in [0.25, 0.3) is 0 Å². The lowest BCUT2D eigenvalue weighted by molar-refractivity contribution is -0.141. The van der Waals surface area contributed by atoms with Gasteiger partial charge in [-0.2, -0.15) is 0 Å². The highest BCUT2D eigenvalue weighted by molar-refractivity contribution is 8.00. The molecule has 8 heteroatoms. The van der Waals surface area contributed by atoms with E-state index in [0.29, 0.717) is 22.2 Å². The van der Waals surface area contributed by atoms with E-state index in [1.54, 1.807) is 26.4 Å². The number of hydrogen-bond donors (Lipinski definition) is 0. The van der Waals surface area contributed by atoms with Gasteiger partial charge in [-0.15, -0.1) is 23.1 Å². The van der Waals surface area contributed by atoms with Crippen LogP contribution in [0.2, 0.25) is 5.02 Å². The summed E-state index contributed by atoms with van der Waals surface area (Å²) in [5.41, 5.74) is 1.62. The number of aromatic nitrogens is 1. The third-order valence-corrected chi connectivity index (χ3v) is 5.91. The molecule has 5 nitrogen and oxygen atoms in total. The van der Waals surface area contributed by atoms with Crippen LogP contribution in [0, 0.1) is 0 Å². The van der Waals surface area contributed by atoms with Crippen molar-refractivity contribution in [2.75, 3.05) is 20.0 Å². The van der Waals surface area contributed by atoms with Gasteiger partial charge < -0.3 is 14.2 Å². The van der Waals surface area contributed by atoms with E-state index < -0.39 is 0 Å². The fourth-order valence-electron chi connectivity index (χ4n) is 2.34. The van der Waals surface area contributed by atoms with E-state index in [-0.39, 0.29) is 18.3 Å². The second-order valence-corrected chi connectivity index (χ2v) is 7.96. The number of thiazole rings is 1. The Kier molecular flexibility index (Phi) is 7.19. The number of hydrogen-bond acceptors (Lipinski definition) is 7. The number of esters is 1. The van der Waals surface area contributed by atoms with Crippen LogP contribution in [0.4, 0.5) is 0 Å². The molecule has 0 fully saturated rings. The van der Waals surface area contributed by atoms with E-state index in [1.165, 1.54) is 23.1 Å². The molecule has 0 aliphatic rings. The maximum atomic E-state index is 12.0. The molecule has 146 valence electrons. The smallest absolute Gasteiger partial charge is 0.316 e. The summed E-state index contributed by atoms with van der Waals surface area (Å²) in [6.45, 7) is 0.143. The van der Waals surface area contributed by atoms with Crippen LogP contribution in [0.1, 0.15) is 5.69 Å². The number of benzene rings is 2. The lowest BCUT2D eigenvalue weighted by Gasteiger charge is -2.08. The minimum atomic E-state index is -0.291. The number of halogens is 1. The van der Waals surface area contributed by atoms with Crippen molar-refractivity contribution >= 4 is 40.7 Å². The Balaban J connectivity index is 1.54. The van der Waals surface area contributed by atoms with Crippen LogP contribution in [0.25, 0.3) is 10.6 Å². The van der Waals surface area contributed by atoms with Crippen molar-refractivity contribution in [1.29, 1.82) is 0 Å². The van der Waals surface area contributed by atoms with Gasteiger partial charge in [-0.1, -0.05) is 11.6 Å². The van der Waals surface area contributed by atoms with Crippen LogP contribution in [0.15, 0.2) is 52.7 Å². The van der Waals surface area contributed by atoms with E-state index in [1.807, 2.05) is 35.7 Å². The average Bonchev–Trinajstić information content (AvgIpc) is 3.20. The summed E-state index contributed by atoms with van der Waals surface area (Å²) in [5.74, 6) is 1.24. The fourth-order valence-corrected chi connectivity index (χ4v) is 3.97. The van der Waals surface area contributed by atoms with Crippen LogP contribution in [-0.2, 0) is 16.1 Å². The number of thioether (sulfide) groups is 1. The van der Waals surface area contributed by atoms with Crippen LogP contribution in [-0.4, -0.2) is 30.9 Å². The van der Waals surface area contributed by atoms with E-state index >= 15 is 0 Å². The van der Waals surface area contributed by atoms with Gasteiger partial charge in [0, 0.05) is 20.9 Å². The Morgan fingerprint density at radius 1 is 1.11 bits per heavy atom. The lowest BCUT2D eigenvalue weighted by atomic mass is 10.2. The molecule has 28 heavy (non-hydrogen) atoms. The average molecular weight is 436 g/mol. The minimum Gasteiger partial charge on any atom is -0.493 e. The summed E-state index contributed by atoms with van der Waals surface area (Å²) in [6.07, 6.45) is 0. The van der Waals surface area contributed by atoms with Gasteiger partial charge in [0.1, 0.15) is 11.6 Å². The first-order valence-corrected chi connectivity index (χ1v) is 10.5. The van der Waals surface area contributed by atoms with Crippen molar-refractivity contribution in [2.45, 2.75) is 11.5 Å². The molecular formula is C20H18ClNO4S2. The van der Waals surface area contributed by atoms with E-state index in [2.05, 4.69) is 4.98 Å². The Bertz CT molecular complexity index is 944. The van der Waals surface area contributed by atoms with Gasteiger partial charge in [-0.05, 0) is 42.5 Å². The number of rotatable bonds is 8. The molecule has 0 atom stereocenters. The highest BCUT2D eigenvalue weighted by Gasteiger charge is 2.11. The summed E-state index contributed by atoms with van der Waals surface area (Å²) in [5, 5.41) is 3.37. The van der Waals surface area contributed by atoms with Gasteiger partial charge in [-0.3, -0.25) is 4.79 Å². The molecule has 0 saturated carbocycles. The van der Waals surface area contributed by atoms with Crippen molar-refractivity contribution in [3.05, 3.63) is 58.6 Å². The topological polar surface area (TPSA) is 57.7 Å². The van der Waals surface area contributed by atoms with Crippen LogP contribution < -0.4 is 9.47 Å². The molecule has 0 bridgehead atoms. The molecule has 0 saturated heterocycles. The molecule has 2 aromatic carbocycles. The third kappa shape index (κ3) is 5.41. The van der Waals surface area contributed by atoms with Crippen molar-refractivity contribution in [2.24, 2.45) is 0 Å². The van der Waals surface area contributed by atoms with Crippen LogP contribution >= 0.6 is 34.7 Å². The zero-order valence-corrected chi connectivity index (χ0v) is 17.7. The molecule has 0 radical (unpaired) electrons. The maximum absolute atomic E-state index is 12.0. The van der Waals surface area contributed by atoms with Gasteiger partial charge in [0.05, 0.1) is 25.7 Å². The monoisotopic (exact) mass is 435 g/mol. The summed E-state index contributed by atoms with van der Waals surface area (Å²) < 4.78 is 15.9. The van der Waals surface area contributed by atoms with Crippen molar-refractivity contribution in [1.82, 2.24) is 4.98 Å². The standard InChI is InChI=1S/C20H18ClNO4S2/c1-24-17-8-3-13(9-18(17)25-2)20-22-15(11-28-20)10-26-19(23)12-27-16-6-4-14(21)5-7-16/h3-9,11H,10,12H2,1-2H3. The molecule has 0 N–H and O–H groups in total. The lowest BCUT2D eigenvalue weighted by Crippen LogP contribution is -2.07. The molecule has 0 unspecified atom stereocenters. The molecule has 1 heterocycles. The summed E-state index contributed by atoms with van der Waals surface area (Å²) in [7, 11) is 3.19. The number of nitrogens with zero attached hydrogens (tertiary/aromatic N) is 1. The quantitative estimate of drug-likeness (QED) is 0.352. The molecule has 3 aromatic rings. The second-order valence-electron chi connectivity index (χ2n) is 5.62. The fraction of sp³-hybridized carbons (Fsp3) is 0.200. The molecule has 0 aliphatic carbocycles. The Morgan fingerprint density at radius 3 is 2.57 bits per heavy atom. The summed E-state index contributed by atoms with van der Waals surface area (Å²) in [6, 6.07) is 12.9. The van der Waals surface area contributed by atoms with Crippen molar-refractivity contribution in [3.8, 4) is 22.1 Å².